The summed E-state index contributed by atoms with van der Waals surface area (Å²) in [6.07, 6.45) is -0.0797. The van der Waals surface area contributed by atoms with Crippen LogP contribution in [0.3, 0.4) is 0 Å². The summed E-state index contributed by atoms with van der Waals surface area (Å²) in [5, 5.41) is 3.23. The number of morpholine rings is 1. The summed E-state index contributed by atoms with van der Waals surface area (Å²) in [5.74, 6) is 0. The first-order chi connectivity index (χ1) is 6.36. The molecule has 2 rings (SSSR count). The first kappa shape index (κ1) is 8.69. The Labute approximate surface area is 77.9 Å². The van der Waals surface area contributed by atoms with Gasteiger partial charge in [-0.15, -0.1) is 0 Å². The minimum absolute atomic E-state index is 0.102. The van der Waals surface area contributed by atoms with Gasteiger partial charge in [-0.3, -0.25) is 0 Å². The van der Waals surface area contributed by atoms with Crippen LogP contribution in [0.5, 0.6) is 0 Å². The summed E-state index contributed by atoms with van der Waals surface area (Å²) in [5.41, 5.74) is 6.86. The molecule has 1 aromatic carbocycles. The van der Waals surface area contributed by atoms with E-state index < -0.39 is 0 Å². The highest BCUT2D eigenvalue weighted by Gasteiger charge is 2.19. The minimum atomic E-state index is -0.182. The van der Waals surface area contributed by atoms with E-state index in [1.54, 1.807) is 0 Å². The number of rotatable bonds is 1. The maximum Gasteiger partial charge on any atom is 0.119 e. The molecular formula is C10H14N2O. The smallest absolute Gasteiger partial charge is 0.119 e. The molecule has 1 fully saturated rings. The van der Waals surface area contributed by atoms with Crippen LogP contribution in [0, 0.1) is 0 Å². The topological polar surface area (TPSA) is 47.3 Å². The van der Waals surface area contributed by atoms with E-state index >= 15 is 0 Å². The average molecular weight is 178 g/mol. The first-order valence-corrected chi connectivity index (χ1v) is 4.53. The lowest BCUT2D eigenvalue weighted by atomic mass is 10.1. The van der Waals surface area contributed by atoms with E-state index in [0.717, 1.165) is 13.1 Å². The quantitative estimate of drug-likeness (QED) is 0.663. The zero-order chi connectivity index (χ0) is 9.10. The molecule has 1 aliphatic heterocycles. The second kappa shape index (κ2) is 3.87. The lowest BCUT2D eigenvalue weighted by Crippen LogP contribution is -2.45. The predicted molar refractivity (Wildman–Crippen MR) is 51.1 cm³/mol. The maximum absolute atomic E-state index is 5.68. The van der Waals surface area contributed by atoms with Crippen molar-refractivity contribution in [1.29, 1.82) is 0 Å². The Morgan fingerprint density at radius 3 is 2.69 bits per heavy atom. The van der Waals surface area contributed by atoms with Crippen LogP contribution in [0.15, 0.2) is 30.3 Å². The van der Waals surface area contributed by atoms with Crippen LogP contribution in [-0.2, 0) is 4.74 Å². The number of ether oxygens (including phenoxy) is 1. The van der Waals surface area contributed by atoms with Crippen molar-refractivity contribution in [2.45, 2.75) is 12.3 Å². The summed E-state index contributed by atoms with van der Waals surface area (Å²) in [6, 6.07) is 10.1. The summed E-state index contributed by atoms with van der Waals surface area (Å²) >= 11 is 0. The van der Waals surface area contributed by atoms with Gasteiger partial charge in [-0.2, -0.15) is 0 Å². The molecule has 0 saturated carbocycles. The van der Waals surface area contributed by atoms with Crippen LogP contribution in [0.2, 0.25) is 0 Å². The number of benzene rings is 1. The molecule has 3 nitrogen and oxygen atoms in total. The number of nitrogens with one attached hydrogen (secondary N) is 1. The number of hydrogen-bond acceptors (Lipinski definition) is 3. The highest BCUT2D eigenvalue weighted by molar-refractivity contribution is 5.18. The van der Waals surface area contributed by atoms with Crippen LogP contribution in [0.1, 0.15) is 11.7 Å². The zero-order valence-electron chi connectivity index (χ0n) is 7.44. The van der Waals surface area contributed by atoms with E-state index in [9.17, 15) is 0 Å². The predicted octanol–water partition coefficient (Wildman–Crippen LogP) is 0.632. The van der Waals surface area contributed by atoms with Gasteiger partial charge in [-0.1, -0.05) is 30.3 Å². The molecule has 3 heteroatoms. The standard InChI is InChI=1S/C10H14N2O/c11-10-7-12-6-9(13-10)8-4-2-1-3-5-8/h1-5,9-10,12H,6-7,11H2. The van der Waals surface area contributed by atoms with Crippen LogP contribution in [0.25, 0.3) is 0 Å². The van der Waals surface area contributed by atoms with Crippen LogP contribution < -0.4 is 11.1 Å². The van der Waals surface area contributed by atoms with Crippen molar-refractivity contribution < 1.29 is 4.74 Å². The van der Waals surface area contributed by atoms with Crippen molar-refractivity contribution in [2.75, 3.05) is 13.1 Å². The monoisotopic (exact) mass is 178 g/mol. The Morgan fingerprint density at radius 1 is 1.23 bits per heavy atom. The summed E-state index contributed by atoms with van der Waals surface area (Å²) in [6.45, 7) is 1.58. The Kier molecular flexibility index (Phi) is 2.59. The normalized spacial score (nSPS) is 28.7. The molecule has 1 aromatic rings. The number of hydrogen-bond donors (Lipinski definition) is 2. The molecule has 0 amide bonds. The number of nitrogens with two attached hydrogens (primary N) is 1. The Bertz CT molecular complexity index is 263. The van der Waals surface area contributed by atoms with Crippen molar-refractivity contribution in [3.8, 4) is 0 Å². The second-order valence-corrected chi connectivity index (χ2v) is 3.23. The van der Waals surface area contributed by atoms with Gasteiger partial charge in [0.2, 0.25) is 0 Å². The van der Waals surface area contributed by atoms with Gasteiger partial charge in [-0.25, -0.2) is 0 Å². The average Bonchev–Trinajstić information content (AvgIpc) is 2.19. The largest absolute Gasteiger partial charge is 0.353 e. The Morgan fingerprint density at radius 2 is 2.00 bits per heavy atom. The van der Waals surface area contributed by atoms with E-state index in [4.69, 9.17) is 10.5 Å². The lowest BCUT2D eigenvalue weighted by molar-refractivity contribution is -0.0351. The van der Waals surface area contributed by atoms with E-state index in [-0.39, 0.29) is 12.3 Å². The van der Waals surface area contributed by atoms with Crippen LogP contribution in [0.4, 0.5) is 0 Å². The van der Waals surface area contributed by atoms with Gasteiger partial charge in [0.25, 0.3) is 0 Å². The van der Waals surface area contributed by atoms with E-state index in [1.807, 2.05) is 18.2 Å². The highest BCUT2D eigenvalue weighted by Crippen LogP contribution is 2.18. The third-order valence-corrected chi connectivity index (χ3v) is 2.19. The molecule has 13 heavy (non-hydrogen) atoms. The van der Waals surface area contributed by atoms with Gasteiger partial charge >= 0.3 is 0 Å². The van der Waals surface area contributed by atoms with Crippen LogP contribution in [-0.4, -0.2) is 19.3 Å². The fourth-order valence-corrected chi connectivity index (χ4v) is 1.53. The molecule has 0 aromatic heterocycles. The molecule has 0 bridgehead atoms. The Balaban J connectivity index is 2.08. The molecule has 70 valence electrons. The van der Waals surface area contributed by atoms with E-state index in [1.165, 1.54) is 5.56 Å². The summed E-state index contributed by atoms with van der Waals surface area (Å²) in [4.78, 5) is 0. The molecular weight excluding hydrogens is 164 g/mol. The van der Waals surface area contributed by atoms with E-state index in [0.29, 0.717) is 0 Å². The van der Waals surface area contributed by atoms with Crippen molar-refractivity contribution in [3.05, 3.63) is 35.9 Å². The van der Waals surface area contributed by atoms with Crippen LogP contribution >= 0.6 is 0 Å². The van der Waals surface area contributed by atoms with Gasteiger partial charge in [-0.05, 0) is 5.56 Å². The molecule has 1 heterocycles. The molecule has 0 spiro atoms. The van der Waals surface area contributed by atoms with Gasteiger partial charge in [0.05, 0.1) is 6.10 Å². The van der Waals surface area contributed by atoms with E-state index in [2.05, 4.69) is 17.4 Å². The van der Waals surface area contributed by atoms with Crippen molar-refractivity contribution in [1.82, 2.24) is 5.32 Å². The molecule has 0 radical (unpaired) electrons. The Hall–Kier alpha value is -0.900. The minimum Gasteiger partial charge on any atom is -0.353 e. The van der Waals surface area contributed by atoms with Gasteiger partial charge in [0, 0.05) is 13.1 Å². The van der Waals surface area contributed by atoms with Gasteiger partial charge < -0.3 is 15.8 Å². The SMILES string of the molecule is NC1CNCC(c2ccccc2)O1. The van der Waals surface area contributed by atoms with Crippen molar-refractivity contribution in [3.63, 3.8) is 0 Å². The zero-order valence-corrected chi connectivity index (χ0v) is 7.44. The summed E-state index contributed by atoms with van der Waals surface area (Å²) < 4.78 is 5.59. The fourth-order valence-electron chi connectivity index (χ4n) is 1.53. The molecule has 0 aliphatic carbocycles. The highest BCUT2D eigenvalue weighted by atomic mass is 16.5. The molecule has 1 aliphatic rings. The molecule has 3 N–H and O–H groups in total. The lowest BCUT2D eigenvalue weighted by Gasteiger charge is -2.28. The second-order valence-electron chi connectivity index (χ2n) is 3.23. The first-order valence-electron chi connectivity index (χ1n) is 4.53. The van der Waals surface area contributed by atoms with Gasteiger partial charge in [0.1, 0.15) is 6.23 Å². The van der Waals surface area contributed by atoms with Crippen molar-refractivity contribution >= 4 is 0 Å². The molecule has 2 unspecified atom stereocenters. The fraction of sp³-hybridized carbons (Fsp3) is 0.400. The third kappa shape index (κ3) is 2.06. The third-order valence-electron chi connectivity index (χ3n) is 2.19. The molecule has 2 atom stereocenters. The molecule has 1 saturated heterocycles. The van der Waals surface area contributed by atoms with Crippen molar-refractivity contribution in [2.24, 2.45) is 5.73 Å². The summed E-state index contributed by atoms with van der Waals surface area (Å²) in [7, 11) is 0. The van der Waals surface area contributed by atoms with Gasteiger partial charge in [0.15, 0.2) is 0 Å². The maximum atomic E-state index is 5.68.